The number of hydrogen-bond acceptors (Lipinski definition) is 8. The van der Waals surface area contributed by atoms with Crippen LogP contribution in [0.15, 0.2) is 30.5 Å². The van der Waals surface area contributed by atoms with E-state index in [0.717, 1.165) is 40.5 Å². The molecule has 0 radical (unpaired) electrons. The Morgan fingerprint density at radius 3 is 2.54 bits per heavy atom. The van der Waals surface area contributed by atoms with Gasteiger partial charge in [0, 0.05) is 24.8 Å². The van der Waals surface area contributed by atoms with Crippen LogP contribution in [0.3, 0.4) is 0 Å². The van der Waals surface area contributed by atoms with Crippen molar-refractivity contribution >= 4 is 38.9 Å². The molecule has 3 aromatic rings. The number of pyridine rings is 1. The molecule has 3 heterocycles. The fourth-order valence-electron chi connectivity index (χ4n) is 3.52. The minimum atomic E-state index is 0.201. The molecule has 4 rings (SSSR count). The zero-order valence-corrected chi connectivity index (χ0v) is 17.2. The maximum absolute atomic E-state index is 5.84. The van der Waals surface area contributed by atoms with E-state index in [2.05, 4.69) is 33.4 Å². The van der Waals surface area contributed by atoms with Gasteiger partial charge in [-0.1, -0.05) is 0 Å². The summed E-state index contributed by atoms with van der Waals surface area (Å²) in [5.74, 6) is 1.37. The summed E-state index contributed by atoms with van der Waals surface area (Å²) < 4.78 is 21.1. The Bertz CT molecular complexity index is 967. The van der Waals surface area contributed by atoms with Gasteiger partial charge in [-0.3, -0.25) is 0 Å². The summed E-state index contributed by atoms with van der Waals surface area (Å²) in [7, 11) is 3.25. The van der Waals surface area contributed by atoms with E-state index in [-0.39, 0.29) is 12.2 Å². The summed E-state index contributed by atoms with van der Waals surface area (Å²) >= 11 is 1.49. The van der Waals surface area contributed by atoms with Crippen LogP contribution >= 0.6 is 11.5 Å². The molecule has 28 heavy (non-hydrogen) atoms. The van der Waals surface area contributed by atoms with Gasteiger partial charge in [-0.2, -0.15) is 4.37 Å². The lowest BCUT2D eigenvalue weighted by atomic mass is 10.2. The highest BCUT2D eigenvalue weighted by Crippen LogP contribution is 2.34. The van der Waals surface area contributed by atoms with Crippen LogP contribution < -0.4 is 19.7 Å². The van der Waals surface area contributed by atoms with Crippen LogP contribution in [0.5, 0.6) is 11.5 Å². The molecule has 0 spiro atoms. The van der Waals surface area contributed by atoms with Crippen LogP contribution in [-0.4, -0.2) is 48.9 Å². The van der Waals surface area contributed by atoms with E-state index in [0.29, 0.717) is 11.5 Å². The third-order valence-electron chi connectivity index (χ3n) is 4.68. The first-order valence-corrected chi connectivity index (χ1v) is 9.99. The lowest BCUT2D eigenvalue weighted by molar-refractivity contribution is -0.00494. The van der Waals surface area contributed by atoms with Gasteiger partial charge >= 0.3 is 0 Å². The Labute approximate surface area is 168 Å². The van der Waals surface area contributed by atoms with Crippen LogP contribution in [-0.2, 0) is 4.74 Å². The molecule has 7 nitrogen and oxygen atoms in total. The largest absolute Gasteiger partial charge is 0.493 e. The van der Waals surface area contributed by atoms with E-state index >= 15 is 0 Å². The molecule has 1 N–H and O–H groups in total. The van der Waals surface area contributed by atoms with Crippen molar-refractivity contribution < 1.29 is 14.2 Å². The maximum Gasteiger partial charge on any atom is 0.162 e. The summed E-state index contributed by atoms with van der Waals surface area (Å²) in [5.41, 5.74) is 3.59. The van der Waals surface area contributed by atoms with Crippen LogP contribution in [0.2, 0.25) is 0 Å². The summed E-state index contributed by atoms with van der Waals surface area (Å²) in [5, 5.41) is 4.46. The predicted molar refractivity (Wildman–Crippen MR) is 112 cm³/mol. The maximum atomic E-state index is 5.84. The number of benzene rings is 1. The minimum Gasteiger partial charge on any atom is -0.493 e. The van der Waals surface area contributed by atoms with Crippen LogP contribution in [0.1, 0.15) is 13.8 Å². The van der Waals surface area contributed by atoms with E-state index < -0.39 is 0 Å². The average Bonchev–Trinajstić information content (AvgIpc) is 3.10. The molecule has 1 aliphatic rings. The first-order chi connectivity index (χ1) is 13.6. The molecule has 1 fully saturated rings. The molecule has 1 aliphatic heterocycles. The Morgan fingerprint density at radius 2 is 1.82 bits per heavy atom. The first kappa shape index (κ1) is 18.8. The zero-order valence-electron chi connectivity index (χ0n) is 16.4. The number of rotatable bonds is 5. The second kappa shape index (κ2) is 7.81. The number of ether oxygens (including phenoxy) is 3. The fourth-order valence-corrected chi connectivity index (χ4v) is 4.36. The summed E-state index contributed by atoms with van der Waals surface area (Å²) in [6, 6.07) is 7.72. The Kier molecular flexibility index (Phi) is 5.23. The minimum absolute atomic E-state index is 0.201. The second-order valence-electron chi connectivity index (χ2n) is 6.94. The lowest BCUT2D eigenvalue weighted by Crippen LogP contribution is -2.45. The van der Waals surface area contributed by atoms with Crippen LogP contribution in [0.4, 0.5) is 16.4 Å². The summed E-state index contributed by atoms with van der Waals surface area (Å²) in [4.78, 5) is 7.01. The molecular formula is C20H24N4O3S. The zero-order chi connectivity index (χ0) is 19.7. The highest BCUT2D eigenvalue weighted by Gasteiger charge is 2.25. The van der Waals surface area contributed by atoms with Gasteiger partial charge in [0.15, 0.2) is 11.5 Å². The average molecular weight is 401 g/mol. The van der Waals surface area contributed by atoms with E-state index in [1.54, 1.807) is 14.2 Å². The number of anilines is 3. The highest BCUT2D eigenvalue weighted by molar-refractivity contribution is 7.11. The molecule has 1 saturated heterocycles. The van der Waals surface area contributed by atoms with Crippen LogP contribution in [0.25, 0.3) is 11.0 Å². The van der Waals surface area contributed by atoms with Gasteiger partial charge in [-0.15, -0.1) is 0 Å². The van der Waals surface area contributed by atoms with Crippen molar-refractivity contribution in [3.05, 3.63) is 30.5 Å². The molecule has 148 valence electrons. The molecule has 0 unspecified atom stereocenters. The number of nitrogens with zero attached hydrogens (tertiary/aromatic N) is 3. The number of nitrogens with one attached hydrogen (secondary N) is 1. The standard InChI is InChI=1S/C20H24N4O3S/c1-12-10-24(11-13(2)27-12)20-19-16(23-28-20)7-15(9-21-19)22-14-5-6-17(25-3)18(8-14)26-4/h5-9,12-13,22H,10-11H2,1-4H3/t12-,13+. The highest BCUT2D eigenvalue weighted by atomic mass is 32.1. The van der Waals surface area contributed by atoms with Gasteiger partial charge in [-0.25, -0.2) is 4.98 Å². The SMILES string of the molecule is COc1ccc(Nc2cnc3c(N4C[C@@H](C)O[C@@H](C)C4)snc3c2)cc1OC. The third kappa shape index (κ3) is 3.70. The number of methoxy groups -OCH3 is 2. The third-order valence-corrected chi connectivity index (χ3v) is 5.59. The van der Waals surface area contributed by atoms with Gasteiger partial charge < -0.3 is 24.4 Å². The molecule has 2 aromatic heterocycles. The molecule has 0 aliphatic carbocycles. The topological polar surface area (TPSA) is 68.7 Å². The van der Waals surface area contributed by atoms with Gasteiger partial charge in [-0.05, 0) is 43.6 Å². The Morgan fingerprint density at radius 1 is 1.07 bits per heavy atom. The number of fused-ring (bicyclic) bond motifs is 1. The molecule has 0 amide bonds. The Balaban J connectivity index is 1.58. The Hall–Kier alpha value is -2.58. The van der Waals surface area contributed by atoms with E-state index in [4.69, 9.17) is 14.2 Å². The number of hydrogen-bond donors (Lipinski definition) is 1. The molecule has 0 bridgehead atoms. The molecule has 1 aromatic carbocycles. The van der Waals surface area contributed by atoms with Crippen molar-refractivity contribution in [2.45, 2.75) is 26.1 Å². The molecule has 8 heteroatoms. The molecule has 2 atom stereocenters. The van der Waals surface area contributed by atoms with Crippen molar-refractivity contribution in [2.75, 3.05) is 37.5 Å². The number of aromatic nitrogens is 2. The lowest BCUT2D eigenvalue weighted by Gasteiger charge is -2.35. The van der Waals surface area contributed by atoms with Gasteiger partial charge in [0.2, 0.25) is 0 Å². The van der Waals surface area contributed by atoms with Crippen molar-refractivity contribution in [1.29, 1.82) is 0 Å². The van der Waals surface area contributed by atoms with E-state index in [1.807, 2.05) is 30.5 Å². The van der Waals surface area contributed by atoms with E-state index in [1.165, 1.54) is 11.5 Å². The summed E-state index contributed by atoms with van der Waals surface area (Å²) in [6.07, 6.45) is 2.24. The quantitative estimate of drug-likeness (QED) is 0.692. The van der Waals surface area contributed by atoms with Crippen molar-refractivity contribution in [3.8, 4) is 11.5 Å². The van der Waals surface area contributed by atoms with Crippen molar-refractivity contribution in [2.24, 2.45) is 0 Å². The molecular weight excluding hydrogens is 376 g/mol. The van der Waals surface area contributed by atoms with Crippen molar-refractivity contribution in [1.82, 2.24) is 9.36 Å². The van der Waals surface area contributed by atoms with Gasteiger partial charge in [0.05, 0.1) is 38.3 Å². The first-order valence-electron chi connectivity index (χ1n) is 9.22. The summed E-state index contributed by atoms with van der Waals surface area (Å²) in [6.45, 7) is 5.92. The molecule has 0 saturated carbocycles. The fraction of sp³-hybridized carbons (Fsp3) is 0.400. The number of morpholine rings is 1. The predicted octanol–water partition coefficient (Wildman–Crippen LogP) is 4.07. The van der Waals surface area contributed by atoms with Gasteiger partial charge in [0.1, 0.15) is 16.0 Å². The van der Waals surface area contributed by atoms with Gasteiger partial charge in [0.25, 0.3) is 0 Å². The monoisotopic (exact) mass is 400 g/mol. The van der Waals surface area contributed by atoms with Crippen LogP contribution in [0, 0.1) is 0 Å². The smallest absolute Gasteiger partial charge is 0.162 e. The van der Waals surface area contributed by atoms with Crippen molar-refractivity contribution in [3.63, 3.8) is 0 Å². The normalized spacial score (nSPS) is 19.6. The van der Waals surface area contributed by atoms with E-state index in [9.17, 15) is 0 Å². The second-order valence-corrected chi connectivity index (χ2v) is 7.69.